The lowest BCUT2D eigenvalue weighted by atomic mass is 10.1. The number of anilines is 1. The Kier molecular flexibility index (Phi) is 6.42. The van der Waals surface area contributed by atoms with Crippen molar-refractivity contribution in [1.82, 2.24) is 0 Å². The monoisotopic (exact) mass is 392 g/mol. The van der Waals surface area contributed by atoms with Crippen molar-refractivity contribution in [3.05, 3.63) is 95.5 Å². The second-order valence-electron chi connectivity index (χ2n) is 6.06. The molecule has 0 fully saturated rings. The third-order valence-electron chi connectivity index (χ3n) is 4.05. The maximum Gasteiger partial charge on any atom is 0.339 e. The number of carbonyl (C=O) groups is 2. The molecule has 7 nitrogen and oxygen atoms in total. The van der Waals surface area contributed by atoms with Crippen molar-refractivity contribution < 1.29 is 23.8 Å². The Labute approximate surface area is 168 Å². The highest BCUT2D eigenvalue weighted by Gasteiger charge is 2.26. The molecule has 0 saturated heterocycles. The number of amides is 1. The van der Waals surface area contributed by atoms with Crippen molar-refractivity contribution in [2.45, 2.75) is 13.0 Å². The van der Waals surface area contributed by atoms with Crippen molar-refractivity contribution in [3.63, 3.8) is 0 Å². The number of nitrogens with one attached hydrogen (secondary N) is 1. The highest BCUT2D eigenvalue weighted by Crippen LogP contribution is 2.27. The van der Waals surface area contributed by atoms with E-state index in [0.29, 0.717) is 28.3 Å². The zero-order valence-electron chi connectivity index (χ0n) is 15.8. The largest absolute Gasteiger partial charge is 0.619 e. The zero-order valence-corrected chi connectivity index (χ0v) is 15.8. The summed E-state index contributed by atoms with van der Waals surface area (Å²) in [5.74, 6) is -0.719. The van der Waals surface area contributed by atoms with Gasteiger partial charge in [0.2, 0.25) is 6.10 Å². The number of benzene rings is 2. The molecule has 0 aliphatic rings. The van der Waals surface area contributed by atoms with E-state index in [4.69, 9.17) is 9.47 Å². The first-order chi connectivity index (χ1) is 14.1. The fraction of sp³-hybridized carbons (Fsp3) is 0.136. The Morgan fingerprint density at radius 2 is 1.66 bits per heavy atom. The Hall–Kier alpha value is -3.87. The molecular formula is C22H20N2O5. The molecular weight excluding hydrogens is 372 g/mol. The van der Waals surface area contributed by atoms with Crippen molar-refractivity contribution >= 4 is 17.6 Å². The minimum atomic E-state index is -1.18. The van der Waals surface area contributed by atoms with Gasteiger partial charge in [0.25, 0.3) is 5.91 Å². The summed E-state index contributed by atoms with van der Waals surface area (Å²) in [5, 5.41) is 13.9. The van der Waals surface area contributed by atoms with E-state index in [1.165, 1.54) is 24.5 Å². The topological polar surface area (TPSA) is 91.6 Å². The van der Waals surface area contributed by atoms with Gasteiger partial charge in [-0.05, 0) is 19.1 Å². The summed E-state index contributed by atoms with van der Waals surface area (Å²) in [6.07, 6.45) is 1.19. The van der Waals surface area contributed by atoms with Crippen molar-refractivity contribution in [1.29, 1.82) is 0 Å². The van der Waals surface area contributed by atoms with Gasteiger partial charge in [-0.15, -0.1) is 0 Å². The Morgan fingerprint density at radius 1 is 1.00 bits per heavy atom. The van der Waals surface area contributed by atoms with Gasteiger partial charge in [-0.25, -0.2) is 4.79 Å². The highest BCUT2D eigenvalue weighted by molar-refractivity contribution is 5.98. The number of hydrogen-bond donors (Lipinski definition) is 1. The summed E-state index contributed by atoms with van der Waals surface area (Å²) in [7, 11) is 0. The molecule has 3 rings (SSSR count). The number of esters is 1. The van der Waals surface area contributed by atoms with Crippen LogP contribution < -0.4 is 14.8 Å². The summed E-state index contributed by atoms with van der Waals surface area (Å²) >= 11 is 0. The molecule has 1 aromatic heterocycles. The molecule has 1 heterocycles. The quantitative estimate of drug-likeness (QED) is 0.379. The summed E-state index contributed by atoms with van der Waals surface area (Å²) in [5.41, 5.74) is 1.16. The van der Waals surface area contributed by atoms with Crippen LogP contribution in [0.25, 0.3) is 0 Å². The number of hydrogen-bond acceptors (Lipinski definition) is 5. The van der Waals surface area contributed by atoms with E-state index < -0.39 is 18.0 Å². The van der Waals surface area contributed by atoms with E-state index in [1.807, 2.05) is 6.92 Å². The Morgan fingerprint density at radius 3 is 2.34 bits per heavy atom. The number of pyridine rings is 1. The number of nitrogens with zero attached hydrogens (tertiary/aromatic N) is 1. The van der Waals surface area contributed by atoms with Gasteiger partial charge in [0.1, 0.15) is 5.75 Å². The molecule has 0 aliphatic carbocycles. The molecule has 0 bridgehead atoms. The van der Waals surface area contributed by atoms with Crippen molar-refractivity contribution in [2.24, 2.45) is 0 Å². The molecule has 2 aromatic carbocycles. The molecule has 148 valence electrons. The normalized spacial score (nSPS) is 11.3. The van der Waals surface area contributed by atoms with E-state index in [-0.39, 0.29) is 5.56 Å². The fourth-order valence-corrected chi connectivity index (χ4v) is 2.67. The zero-order chi connectivity index (χ0) is 20.6. The van der Waals surface area contributed by atoms with E-state index in [1.54, 1.807) is 54.6 Å². The van der Waals surface area contributed by atoms with Gasteiger partial charge in [-0.1, -0.05) is 42.5 Å². The van der Waals surface area contributed by atoms with Gasteiger partial charge in [0.05, 0.1) is 17.9 Å². The molecule has 0 spiro atoms. The van der Waals surface area contributed by atoms with E-state index in [2.05, 4.69) is 5.32 Å². The molecule has 0 saturated carbocycles. The first-order valence-corrected chi connectivity index (χ1v) is 9.06. The van der Waals surface area contributed by atoms with Gasteiger partial charge in [-0.3, -0.25) is 4.79 Å². The lowest BCUT2D eigenvalue weighted by Gasteiger charge is -2.19. The smallest absolute Gasteiger partial charge is 0.339 e. The minimum Gasteiger partial charge on any atom is -0.619 e. The van der Waals surface area contributed by atoms with Crippen LogP contribution in [-0.4, -0.2) is 18.5 Å². The van der Waals surface area contributed by atoms with Crippen molar-refractivity contribution in [3.8, 4) is 5.75 Å². The molecule has 1 N–H and O–H groups in total. The lowest BCUT2D eigenvalue weighted by Crippen LogP contribution is -2.27. The second-order valence-corrected chi connectivity index (χ2v) is 6.06. The minimum absolute atomic E-state index is 0.167. The van der Waals surface area contributed by atoms with Crippen LogP contribution in [0.15, 0.2) is 79.1 Å². The molecule has 0 unspecified atom stereocenters. The molecule has 3 aromatic rings. The van der Waals surface area contributed by atoms with Crippen molar-refractivity contribution in [2.75, 3.05) is 11.9 Å². The maximum atomic E-state index is 13.0. The summed E-state index contributed by atoms with van der Waals surface area (Å²) in [6, 6.07) is 18.4. The van der Waals surface area contributed by atoms with Crippen LogP contribution in [-0.2, 0) is 9.53 Å². The SMILES string of the molecule is CCOc1ccccc1NC(=O)[C@H](OC(=O)c1cc[n+]([O-])cc1)c1ccccc1. The standard InChI is InChI=1S/C22H20N2O5/c1-2-28-19-11-7-6-10-18(19)23-21(25)20(16-8-4-3-5-9-16)29-22(26)17-12-14-24(27)15-13-17/h3-15,20H,2H2,1H3,(H,23,25)/t20-/m1/s1. The third kappa shape index (κ3) is 5.10. The van der Waals surface area contributed by atoms with Crippen LogP contribution in [0.2, 0.25) is 0 Å². The lowest BCUT2D eigenvalue weighted by molar-refractivity contribution is -0.605. The molecule has 0 radical (unpaired) electrons. The fourth-order valence-electron chi connectivity index (χ4n) is 2.67. The second kappa shape index (κ2) is 9.36. The highest BCUT2D eigenvalue weighted by atomic mass is 16.5. The number of rotatable bonds is 7. The molecule has 1 atom stereocenters. The van der Waals surface area contributed by atoms with E-state index in [0.717, 1.165) is 0 Å². The Balaban J connectivity index is 1.85. The van der Waals surface area contributed by atoms with E-state index in [9.17, 15) is 14.8 Å². The van der Waals surface area contributed by atoms with Crippen LogP contribution in [0.3, 0.4) is 0 Å². The van der Waals surface area contributed by atoms with Gasteiger partial charge < -0.3 is 20.0 Å². The molecule has 7 heteroatoms. The number of aromatic nitrogens is 1. The first-order valence-electron chi connectivity index (χ1n) is 9.06. The van der Waals surface area contributed by atoms with Crippen LogP contribution in [0, 0.1) is 5.21 Å². The van der Waals surface area contributed by atoms with Crippen LogP contribution >= 0.6 is 0 Å². The van der Waals surface area contributed by atoms with Gasteiger partial charge in [0.15, 0.2) is 12.4 Å². The summed E-state index contributed by atoms with van der Waals surface area (Å²) in [4.78, 5) is 25.5. The third-order valence-corrected chi connectivity index (χ3v) is 4.05. The summed E-state index contributed by atoms with van der Waals surface area (Å²) in [6.45, 7) is 2.29. The Bertz CT molecular complexity index is 974. The number of para-hydroxylation sites is 2. The van der Waals surface area contributed by atoms with Crippen LogP contribution in [0.5, 0.6) is 5.75 Å². The average molecular weight is 392 g/mol. The maximum absolute atomic E-state index is 13.0. The van der Waals surface area contributed by atoms with E-state index >= 15 is 0 Å². The number of carbonyl (C=O) groups excluding carboxylic acids is 2. The predicted octanol–water partition coefficient (Wildman–Crippen LogP) is 3.26. The van der Waals surface area contributed by atoms with Gasteiger partial charge in [-0.2, -0.15) is 4.73 Å². The number of ether oxygens (including phenoxy) is 2. The van der Waals surface area contributed by atoms with Gasteiger partial charge >= 0.3 is 5.97 Å². The molecule has 1 amide bonds. The molecule has 29 heavy (non-hydrogen) atoms. The van der Waals surface area contributed by atoms with Crippen LogP contribution in [0.4, 0.5) is 5.69 Å². The average Bonchev–Trinajstić information content (AvgIpc) is 2.74. The van der Waals surface area contributed by atoms with Gasteiger partial charge in [0, 0.05) is 17.7 Å². The molecule has 0 aliphatic heterocycles. The van der Waals surface area contributed by atoms with Crippen LogP contribution in [0.1, 0.15) is 28.9 Å². The predicted molar refractivity (Wildman–Crippen MR) is 106 cm³/mol. The summed E-state index contributed by atoms with van der Waals surface area (Å²) < 4.78 is 11.6. The first kappa shape index (κ1) is 19.9.